The van der Waals surface area contributed by atoms with Gasteiger partial charge in [0.25, 0.3) is 0 Å². The number of aromatic nitrogens is 3. The normalized spacial score (nSPS) is 10.5. The van der Waals surface area contributed by atoms with Crippen LogP contribution in [0.4, 0.5) is 0 Å². The Kier molecular flexibility index (Phi) is 3.58. The van der Waals surface area contributed by atoms with E-state index in [4.69, 9.17) is 0 Å². The zero-order valence-electron chi connectivity index (χ0n) is 9.75. The summed E-state index contributed by atoms with van der Waals surface area (Å²) in [6.07, 6.45) is 3.71. The second-order valence-electron chi connectivity index (χ2n) is 3.60. The Labute approximate surface area is 104 Å². The smallest absolute Gasteiger partial charge is 0.171 e. The first-order valence-electron chi connectivity index (χ1n) is 5.21. The van der Waals surface area contributed by atoms with Crippen molar-refractivity contribution >= 4 is 17.5 Å². The van der Waals surface area contributed by atoms with Crippen LogP contribution in [-0.2, 0) is 13.5 Å². The number of nitrogens with zero attached hydrogens (tertiary/aromatic N) is 3. The highest BCUT2D eigenvalue weighted by atomic mass is 32.2. The zero-order chi connectivity index (χ0) is 12.3. The number of Topliss-reactive ketones (excluding diaryl/α,β-unsaturated/α-hetero) is 1. The van der Waals surface area contributed by atoms with Crippen LogP contribution < -0.4 is 0 Å². The van der Waals surface area contributed by atoms with Gasteiger partial charge in [-0.05, 0) is 12.3 Å². The zero-order valence-corrected chi connectivity index (χ0v) is 10.6. The van der Waals surface area contributed by atoms with Gasteiger partial charge in [-0.2, -0.15) is 5.10 Å². The molecule has 0 saturated carbocycles. The third-order valence-corrected chi connectivity index (χ3v) is 3.33. The van der Waals surface area contributed by atoms with Gasteiger partial charge in [-0.1, -0.05) is 18.2 Å². The van der Waals surface area contributed by atoms with E-state index in [0.717, 1.165) is 10.5 Å². The van der Waals surface area contributed by atoms with Gasteiger partial charge < -0.3 is 0 Å². The third-order valence-electron chi connectivity index (χ3n) is 2.53. The van der Waals surface area contributed by atoms with E-state index in [1.165, 1.54) is 6.33 Å². The van der Waals surface area contributed by atoms with E-state index in [1.54, 1.807) is 23.5 Å². The minimum atomic E-state index is 0.0750. The standard InChI is InChI=1S/C12H13N3OS/c1-15-12(13-8-14-15)7-10(16)9-5-3-4-6-11(9)17-2/h3-6,8H,7H2,1-2H3. The molecule has 2 rings (SSSR count). The van der Waals surface area contributed by atoms with Gasteiger partial charge in [-0.25, -0.2) is 4.98 Å². The van der Waals surface area contributed by atoms with Crippen molar-refractivity contribution in [2.24, 2.45) is 7.05 Å². The van der Waals surface area contributed by atoms with Gasteiger partial charge in [0, 0.05) is 17.5 Å². The van der Waals surface area contributed by atoms with Gasteiger partial charge in [-0.3, -0.25) is 9.48 Å². The first-order valence-corrected chi connectivity index (χ1v) is 6.44. The van der Waals surface area contributed by atoms with E-state index in [0.29, 0.717) is 5.82 Å². The van der Waals surface area contributed by atoms with Gasteiger partial charge in [0.05, 0.1) is 6.42 Å². The van der Waals surface area contributed by atoms with Gasteiger partial charge >= 0.3 is 0 Å². The lowest BCUT2D eigenvalue weighted by molar-refractivity contribution is 0.0987. The molecule has 0 aliphatic heterocycles. The Balaban J connectivity index is 2.23. The number of aryl methyl sites for hydroxylation is 1. The highest BCUT2D eigenvalue weighted by molar-refractivity contribution is 7.98. The first-order chi connectivity index (χ1) is 8.22. The van der Waals surface area contributed by atoms with Crippen molar-refractivity contribution in [3.05, 3.63) is 42.0 Å². The quantitative estimate of drug-likeness (QED) is 0.612. The van der Waals surface area contributed by atoms with Crippen LogP contribution >= 0.6 is 11.8 Å². The minimum absolute atomic E-state index is 0.0750. The van der Waals surface area contributed by atoms with Crippen molar-refractivity contribution in [3.63, 3.8) is 0 Å². The van der Waals surface area contributed by atoms with E-state index in [1.807, 2.05) is 30.5 Å². The molecule has 0 radical (unpaired) electrons. The molecule has 1 aromatic carbocycles. The molecule has 0 atom stereocenters. The average Bonchev–Trinajstić information content (AvgIpc) is 2.75. The van der Waals surface area contributed by atoms with Gasteiger partial charge in [-0.15, -0.1) is 11.8 Å². The minimum Gasteiger partial charge on any atom is -0.294 e. The van der Waals surface area contributed by atoms with Gasteiger partial charge in [0.15, 0.2) is 5.78 Å². The second kappa shape index (κ2) is 5.14. The summed E-state index contributed by atoms with van der Waals surface area (Å²) in [5, 5.41) is 3.95. The Morgan fingerprint density at radius 1 is 1.41 bits per heavy atom. The maximum Gasteiger partial charge on any atom is 0.171 e. The molecule has 4 nitrogen and oxygen atoms in total. The van der Waals surface area contributed by atoms with Crippen LogP contribution in [-0.4, -0.2) is 26.8 Å². The van der Waals surface area contributed by atoms with E-state index in [-0.39, 0.29) is 12.2 Å². The monoisotopic (exact) mass is 247 g/mol. The van der Waals surface area contributed by atoms with Crippen molar-refractivity contribution < 1.29 is 4.79 Å². The lowest BCUT2D eigenvalue weighted by Gasteiger charge is -2.05. The first kappa shape index (κ1) is 11.9. The SMILES string of the molecule is CSc1ccccc1C(=O)Cc1ncnn1C. The maximum atomic E-state index is 12.1. The van der Waals surface area contributed by atoms with E-state index < -0.39 is 0 Å². The molecule has 0 fully saturated rings. The van der Waals surface area contributed by atoms with Crippen molar-refractivity contribution in [2.45, 2.75) is 11.3 Å². The third kappa shape index (κ3) is 2.55. The van der Waals surface area contributed by atoms with Crippen LogP contribution in [0.2, 0.25) is 0 Å². The fourth-order valence-electron chi connectivity index (χ4n) is 1.59. The highest BCUT2D eigenvalue weighted by Crippen LogP contribution is 2.21. The van der Waals surface area contributed by atoms with Crippen LogP contribution in [0.3, 0.4) is 0 Å². The summed E-state index contributed by atoms with van der Waals surface area (Å²) in [6, 6.07) is 7.62. The van der Waals surface area contributed by atoms with Crippen LogP contribution in [0, 0.1) is 0 Å². The topological polar surface area (TPSA) is 47.8 Å². The molecule has 1 aromatic heterocycles. The number of ketones is 1. The van der Waals surface area contributed by atoms with Gasteiger partial charge in [0.1, 0.15) is 12.2 Å². The fraction of sp³-hybridized carbons (Fsp3) is 0.250. The molecule has 88 valence electrons. The van der Waals surface area contributed by atoms with Crippen molar-refractivity contribution in [1.29, 1.82) is 0 Å². The van der Waals surface area contributed by atoms with Crippen LogP contribution in [0.5, 0.6) is 0 Å². The highest BCUT2D eigenvalue weighted by Gasteiger charge is 2.13. The second-order valence-corrected chi connectivity index (χ2v) is 4.45. The summed E-state index contributed by atoms with van der Waals surface area (Å²) < 4.78 is 1.62. The summed E-state index contributed by atoms with van der Waals surface area (Å²) in [5.41, 5.74) is 0.753. The number of thioether (sulfide) groups is 1. The van der Waals surface area contributed by atoms with Crippen LogP contribution in [0.15, 0.2) is 35.5 Å². The molecule has 0 bridgehead atoms. The number of carbonyl (C=O) groups excluding carboxylic acids is 1. The molecular formula is C12H13N3OS. The molecule has 0 saturated heterocycles. The largest absolute Gasteiger partial charge is 0.294 e. The number of benzene rings is 1. The molecular weight excluding hydrogens is 234 g/mol. The molecule has 1 heterocycles. The lowest BCUT2D eigenvalue weighted by Crippen LogP contribution is -2.09. The number of rotatable bonds is 4. The summed E-state index contributed by atoms with van der Waals surface area (Å²) >= 11 is 1.58. The Hall–Kier alpha value is -1.62. The van der Waals surface area contributed by atoms with Crippen molar-refractivity contribution in [1.82, 2.24) is 14.8 Å². The fourth-order valence-corrected chi connectivity index (χ4v) is 2.21. The van der Waals surface area contributed by atoms with Crippen molar-refractivity contribution in [3.8, 4) is 0 Å². The predicted octanol–water partition coefficient (Wildman–Crippen LogP) is 1.96. The predicted molar refractivity (Wildman–Crippen MR) is 67.3 cm³/mol. The molecule has 5 heteroatoms. The van der Waals surface area contributed by atoms with E-state index in [2.05, 4.69) is 10.1 Å². The summed E-state index contributed by atoms with van der Waals surface area (Å²) in [6.45, 7) is 0. The van der Waals surface area contributed by atoms with Crippen LogP contribution in [0.1, 0.15) is 16.2 Å². The number of hydrogen-bond donors (Lipinski definition) is 0. The summed E-state index contributed by atoms with van der Waals surface area (Å²) in [5.74, 6) is 0.761. The van der Waals surface area contributed by atoms with E-state index in [9.17, 15) is 4.79 Å². The number of carbonyl (C=O) groups is 1. The molecule has 0 spiro atoms. The van der Waals surface area contributed by atoms with E-state index >= 15 is 0 Å². The molecule has 0 unspecified atom stereocenters. The summed E-state index contributed by atoms with van der Waals surface area (Å²) in [4.78, 5) is 17.2. The Morgan fingerprint density at radius 3 is 2.82 bits per heavy atom. The molecule has 17 heavy (non-hydrogen) atoms. The lowest BCUT2D eigenvalue weighted by atomic mass is 10.1. The Bertz CT molecular complexity index is 536. The molecule has 0 N–H and O–H groups in total. The maximum absolute atomic E-state index is 12.1. The molecule has 0 amide bonds. The molecule has 2 aromatic rings. The summed E-state index contributed by atoms with van der Waals surface area (Å²) in [7, 11) is 1.79. The van der Waals surface area contributed by atoms with Crippen LogP contribution in [0.25, 0.3) is 0 Å². The van der Waals surface area contributed by atoms with Gasteiger partial charge in [0.2, 0.25) is 0 Å². The average molecular weight is 247 g/mol. The number of hydrogen-bond acceptors (Lipinski definition) is 4. The molecule has 0 aliphatic carbocycles. The Morgan fingerprint density at radius 2 is 2.18 bits per heavy atom. The van der Waals surface area contributed by atoms with Crippen molar-refractivity contribution in [2.75, 3.05) is 6.26 Å². The molecule has 0 aliphatic rings.